The third kappa shape index (κ3) is 3.65. The fraction of sp³-hybridized carbons (Fsp3) is 1.00. The molecule has 17 heavy (non-hydrogen) atoms. The van der Waals surface area contributed by atoms with Crippen molar-refractivity contribution in [1.29, 1.82) is 0 Å². The van der Waals surface area contributed by atoms with Gasteiger partial charge in [-0.2, -0.15) is 0 Å². The maximum absolute atomic E-state index is 5.46. The van der Waals surface area contributed by atoms with Gasteiger partial charge in [0.25, 0.3) is 0 Å². The smallest absolute Gasteiger partial charge is 0.0971 e. The Hall–Kier alpha value is -0.160. The Morgan fingerprint density at radius 1 is 1.18 bits per heavy atom. The van der Waals surface area contributed by atoms with Gasteiger partial charge in [-0.1, -0.05) is 0 Å². The first-order valence-electron chi connectivity index (χ1n) is 6.82. The van der Waals surface area contributed by atoms with Crippen molar-refractivity contribution in [2.24, 2.45) is 5.92 Å². The lowest BCUT2D eigenvalue weighted by Crippen LogP contribution is -2.33. The summed E-state index contributed by atoms with van der Waals surface area (Å²) in [5.41, 5.74) is 0. The summed E-state index contributed by atoms with van der Waals surface area (Å²) in [6.07, 6.45) is 4.54. The van der Waals surface area contributed by atoms with Crippen LogP contribution in [-0.4, -0.2) is 64.1 Å². The standard InChI is InChI=1S/C13H26N2O2/c1-16-12-9-15(10-13(12)17-2)7-5-11-4-3-6-14-8-11/h11-14H,3-10H2,1-2H3. The van der Waals surface area contributed by atoms with Crippen molar-refractivity contribution in [2.75, 3.05) is 46.9 Å². The molecule has 4 nitrogen and oxygen atoms in total. The number of piperidine rings is 1. The van der Waals surface area contributed by atoms with Gasteiger partial charge in [-0.15, -0.1) is 0 Å². The van der Waals surface area contributed by atoms with Gasteiger partial charge < -0.3 is 14.8 Å². The van der Waals surface area contributed by atoms with E-state index in [1.54, 1.807) is 14.2 Å². The molecule has 2 rings (SSSR count). The quantitative estimate of drug-likeness (QED) is 0.770. The molecule has 2 heterocycles. The van der Waals surface area contributed by atoms with Crippen LogP contribution in [0, 0.1) is 5.92 Å². The number of hydrogen-bond acceptors (Lipinski definition) is 4. The van der Waals surface area contributed by atoms with Crippen LogP contribution in [0.25, 0.3) is 0 Å². The monoisotopic (exact) mass is 242 g/mol. The van der Waals surface area contributed by atoms with Gasteiger partial charge in [-0.05, 0) is 44.8 Å². The predicted octanol–water partition coefficient (Wildman–Crippen LogP) is 0.722. The average Bonchev–Trinajstić information content (AvgIpc) is 2.80. The van der Waals surface area contributed by atoms with Crippen molar-refractivity contribution >= 4 is 0 Å². The molecule has 3 atom stereocenters. The molecule has 2 fully saturated rings. The minimum absolute atomic E-state index is 0.254. The highest BCUT2D eigenvalue weighted by Gasteiger charge is 2.32. The molecule has 0 bridgehead atoms. The highest BCUT2D eigenvalue weighted by atomic mass is 16.5. The predicted molar refractivity (Wildman–Crippen MR) is 68.2 cm³/mol. The van der Waals surface area contributed by atoms with Crippen molar-refractivity contribution < 1.29 is 9.47 Å². The van der Waals surface area contributed by atoms with Gasteiger partial charge in [-0.3, -0.25) is 4.90 Å². The molecule has 0 aliphatic carbocycles. The molecular formula is C13H26N2O2. The molecule has 2 aliphatic rings. The van der Waals surface area contributed by atoms with E-state index in [0.29, 0.717) is 0 Å². The molecule has 1 N–H and O–H groups in total. The van der Waals surface area contributed by atoms with E-state index < -0.39 is 0 Å². The maximum Gasteiger partial charge on any atom is 0.0971 e. The zero-order chi connectivity index (χ0) is 12.1. The van der Waals surface area contributed by atoms with Crippen LogP contribution in [-0.2, 0) is 9.47 Å². The third-order valence-corrected chi connectivity index (χ3v) is 4.15. The molecule has 2 saturated heterocycles. The molecule has 0 spiro atoms. The number of hydrogen-bond donors (Lipinski definition) is 1. The van der Waals surface area contributed by atoms with Crippen LogP contribution in [0.4, 0.5) is 0 Å². The van der Waals surface area contributed by atoms with Crippen LogP contribution in [0.5, 0.6) is 0 Å². The SMILES string of the molecule is COC1CN(CCC2CCCNC2)CC1OC. The van der Waals surface area contributed by atoms with E-state index in [9.17, 15) is 0 Å². The van der Waals surface area contributed by atoms with Gasteiger partial charge in [0.15, 0.2) is 0 Å². The Morgan fingerprint density at radius 3 is 2.41 bits per heavy atom. The summed E-state index contributed by atoms with van der Waals surface area (Å²) in [5, 5.41) is 3.48. The lowest BCUT2D eigenvalue weighted by molar-refractivity contribution is -0.00461. The van der Waals surface area contributed by atoms with E-state index in [1.165, 1.54) is 38.9 Å². The van der Waals surface area contributed by atoms with E-state index >= 15 is 0 Å². The van der Waals surface area contributed by atoms with Crippen molar-refractivity contribution in [3.63, 3.8) is 0 Å². The molecule has 0 amide bonds. The Bertz CT molecular complexity index is 207. The second-order valence-electron chi connectivity index (χ2n) is 5.31. The minimum atomic E-state index is 0.254. The summed E-state index contributed by atoms with van der Waals surface area (Å²) in [5.74, 6) is 0.867. The van der Waals surface area contributed by atoms with Crippen molar-refractivity contribution in [3.05, 3.63) is 0 Å². The van der Waals surface area contributed by atoms with Gasteiger partial charge in [0, 0.05) is 27.3 Å². The van der Waals surface area contributed by atoms with Gasteiger partial charge >= 0.3 is 0 Å². The van der Waals surface area contributed by atoms with Crippen LogP contribution in [0.2, 0.25) is 0 Å². The van der Waals surface area contributed by atoms with Crippen LogP contribution >= 0.6 is 0 Å². The molecule has 0 saturated carbocycles. The number of nitrogens with one attached hydrogen (secondary N) is 1. The molecule has 0 aromatic rings. The Kier molecular flexibility index (Phi) is 5.22. The molecule has 0 radical (unpaired) electrons. The number of ether oxygens (including phenoxy) is 2. The molecule has 100 valence electrons. The number of rotatable bonds is 5. The Balaban J connectivity index is 1.69. The first-order valence-corrected chi connectivity index (χ1v) is 6.82. The topological polar surface area (TPSA) is 33.7 Å². The summed E-state index contributed by atoms with van der Waals surface area (Å²) in [6, 6.07) is 0. The van der Waals surface area contributed by atoms with Crippen molar-refractivity contribution in [1.82, 2.24) is 10.2 Å². The van der Waals surface area contributed by atoms with Crippen LogP contribution in [0.15, 0.2) is 0 Å². The average molecular weight is 242 g/mol. The van der Waals surface area contributed by atoms with E-state index in [1.807, 2.05) is 0 Å². The summed E-state index contributed by atoms with van der Waals surface area (Å²) < 4.78 is 10.9. The van der Waals surface area contributed by atoms with Gasteiger partial charge in [0.1, 0.15) is 0 Å². The van der Waals surface area contributed by atoms with Gasteiger partial charge in [0.2, 0.25) is 0 Å². The first-order chi connectivity index (χ1) is 8.33. The minimum Gasteiger partial charge on any atom is -0.377 e. The fourth-order valence-corrected chi connectivity index (χ4v) is 2.99. The first kappa shape index (κ1) is 13.3. The molecule has 0 aromatic heterocycles. The molecule has 2 aliphatic heterocycles. The maximum atomic E-state index is 5.46. The molecule has 3 unspecified atom stereocenters. The number of likely N-dealkylation sites (tertiary alicyclic amines) is 1. The second kappa shape index (κ2) is 6.69. The zero-order valence-electron chi connectivity index (χ0n) is 11.2. The van der Waals surface area contributed by atoms with Crippen LogP contribution in [0.3, 0.4) is 0 Å². The zero-order valence-corrected chi connectivity index (χ0v) is 11.2. The lowest BCUT2D eigenvalue weighted by Gasteiger charge is -2.25. The molecule has 4 heteroatoms. The lowest BCUT2D eigenvalue weighted by atomic mass is 9.96. The van der Waals surface area contributed by atoms with E-state index in [0.717, 1.165) is 19.0 Å². The largest absolute Gasteiger partial charge is 0.377 e. The van der Waals surface area contributed by atoms with Crippen molar-refractivity contribution in [2.45, 2.75) is 31.5 Å². The van der Waals surface area contributed by atoms with Gasteiger partial charge in [-0.25, -0.2) is 0 Å². The number of methoxy groups -OCH3 is 2. The fourth-order valence-electron chi connectivity index (χ4n) is 2.99. The summed E-state index contributed by atoms with van der Waals surface area (Å²) in [6.45, 7) is 5.64. The van der Waals surface area contributed by atoms with Crippen LogP contribution < -0.4 is 5.32 Å². The highest BCUT2D eigenvalue weighted by Crippen LogP contribution is 2.19. The summed E-state index contributed by atoms with van der Waals surface area (Å²) in [7, 11) is 3.57. The Morgan fingerprint density at radius 2 is 1.88 bits per heavy atom. The van der Waals surface area contributed by atoms with E-state index in [2.05, 4.69) is 10.2 Å². The Labute approximate surface area is 105 Å². The van der Waals surface area contributed by atoms with E-state index in [4.69, 9.17) is 9.47 Å². The molecule has 0 aromatic carbocycles. The summed E-state index contributed by atoms with van der Waals surface area (Å²) >= 11 is 0. The normalized spacial score (nSPS) is 35.3. The second-order valence-corrected chi connectivity index (χ2v) is 5.31. The summed E-state index contributed by atoms with van der Waals surface area (Å²) in [4.78, 5) is 2.48. The number of nitrogens with zero attached hydrogens (tertiary/aromatic N) is 1. The van der Waals surface area contributed by atoms with Crippen molar-refractivity contribution in [3.8, 4) is 0 Å². The molecular weight excluding hydrogens is 216 g/mol. The highest BCUT2D eigenvalue weighted by molar-refractivity contribution is 4.86. The van der Waals surface area contributed by atoms with Crippen LogP contribution in [0.1, 0.15) is 19.3 Å². The van der Waals surface area contributed by atoms with E-state index in [-0.39, 0.29) is 12.2 Å². The third-order valence-electron chi connectivity index (χ3n) is 4.15. The van der Waals surface area contributed by atoms with Gasteiger partial charge in [0.05, 0.1) is 12.2 Å².